The van der Waals surface area contributed by atoms with Crippen LogP contribution >= 0.6 is 0 Å². The zero-order valence-electron chi connectivity index (χ0n) is 12.3. The third-order valence-electron chi connectivity index (χ3n) is 4.34. The molecule has 2 aliphatic heterocycles. The number of carbonyl (C=O) groups excluding carboxylic acids is 1. The molecule has 2 fully saturated rings. The maximum absolute atomic E-state index is 12.0. The van der Waals surface area contributed by atoms with Crippen molar-refractivity contribution in [3.05, 3.63) is 18.3 Å². The summed E-state index contributed by atoms with van der Waals surface area (Å²) in [7, 11) is 0. The van der Waals surface area contributed by atoms with Crippen LogP contribution in [-0.4, -0.2) is 48.3 Å². The molecule has 2 unspecified atom stereocenters. The standard InChI is InChI=1S/C15H23N5O/c21-15(13-5-1-7-16-13)17-10-12-4-3-9-20(11-12)14-6-2-8-18-19-14/h2,6,8,12-13,16H,1,3-5,7,9-11H2,(H,17,21). The lowest BCUT2D eigenvalue weighted by atomic mass is 9.98. The van der Waals surface area contributed by atoms with Crippen molar-refractivity contribution in [1.82, 2.24) is 20.8 Å². The highest BCUT2D eigenvalue weighted by molar-refractivity contribution is 5.81. The third-order valence-corrected chi connectivity index (χ3v) is 4.34. The predicted octanol–water partition coefficient (Wildman–Crippen LogP) is 0.561. The van der Waals surface area contributed by atoms with Gasteiger partial charge in [-0.2, -0.15) is 5.10 Å². The number of rotatable bonds is 4. The minimum atomic E-state index is 0.0182. The third kappa shape index (κ3) is 3.69. The molecule has 0 radical (unpaired) electrons. The number of amides is 1. The van der Waals surface area contributed by atoms with Crippen LogP contribution in [0.4, 0.5) is 5.82 Å². The van der Waals surface area contributed by atoms with Crippen LogP contribution in [0.2, 0.25) is 0 Å². The highest BCUT2D eigenvalue weighted by Crippen LogP contribution is 2.20. The summed E-state index contributed by atoms with van der Waals surface area (Å²) in [6.45, 7) is 3.68. The first-order chi connectivity index (χ1) is 10.3. The van der Waals surface area contributed by atoms with Gasteiger partial charge in [-0.1, -0.05) is 0 Å². The molecule has 0 spiro atoms. The molecule has 2 aliphatic rings. The Morgan fingerprint density at radius 2 is 2.38 bits per heavy atom. The molecule has 1 amide bonds. The van der Waals surface area contributed by atoms with Gasteiger partial charge in [-0.15, -0.1) is 5.10 Å². The molecule has 3 rings (SSSR count). The normalized spacial score (nSPS) is 25.8. The van der Waals surface area contributed by atoms with E-state index in [-0.39, 0.29) is 11.9 Å². The topological polar surface area (TPSA) is 70.2 Å². The minimum absolute atomic E-state index is 0.0182. The summed E-state index contributed by atoms with van der Waals surface area (Å²) < 4.78 is 0. The molecular formula is C15H23N5O. The highest BCUT2D eigenvalue weighted by Gasteiger charge is 2.25. The Bertz CT molecular complexity index is 460. The van der Waals surface area contributed by atoms with E-state index in [1.165, 1.54) is 0 Å². The van der Waals surface area contributed by atoms with Gasteiger partial charge in [0.1, 0.15) is 0 Å². The molecule has 1 aromatic heterocycles. The van der Waals surface area contributed by atoms with Crippen molar-refractivity contribution < 1.29 is 4.79 Å². The molecule has 0 aliphatic carbocycles. The molecule has 2 N–H and O–H groups in total. The Morgan fingerprint density at radius 1 is 1.43 bits per heavy atom. The molecule has 1 aromatic rings. The van der Waals surface area contributed by atoms with Crippen LogP contribution < -0.4 is 15.5 Å². The van der Waals surface area contributed by atoms with Gasteiger partial charge in [0.05, 0.1) is 6.04 Å². The van der Waals surface area contributed by atoms with E-state index in [1.54, 1.807) is 6.20 Å². The molecule has 21 heavy (non-hydrogen) atoms. The molecule has 6 nitrogen and oxygen atoms in total. The van der Waals surface area contributed by atoms with Crippen molar-refractivity contribution in [2.24, 2.45) is 5.92 Å². The second-order valence-corrected chi connectivity index (χ2v) is 5.93. The van der Waals surface area contributed by atoms with Gasteiger partial charge >= 0.3 is 0 Å². The second kappa shape index (κ2) is 6.85. The van der Waals surface area contributed by atoms with Crippen molar-refractivity contribution in [1.29, 1.82) is 0 Å². The Kier molecular flexibility index (Phi) is 4.65. The average Bonchev–Trinajstić information content (AvgIpc) is 3.08. The first kappa shape index (κ1) is 14.3. The van der Waals surface area contributed by atoms with E-state index >= 15 is 0 Å². The van der Waals surface area contributed by atoms with Gasteiger partial charge in [-0.25, -0.2) is 0 Å². The van der Waals surface area contributed by atoms with Crippen LogP contribution in [0.5, 0.6) is 0 Å². The maximum atomic E-state index is 12.0. The van der Waals surface area contributed by atoms with E-state index in [0.717, 1.165) is 57.7 Å². The van der Waals surface area contributed by atoms with Crippen LogP contribution in [0.1, 0.15) is 25.7 Å². The summed E-state index contributed by atoms with van der Waals surface area (Å²) in [5.41, 5.74) is 0. The average molecular weight is 289 g/mol. The lowest BCUT2D eigenvalue weighted by Crippen LogP contribution is -2.45. The van der Waals surface area contributed by atoms with E-state index in [9.17, 15) is 4.79 Å². The number of nitrogens with zero attached hydrogens (tertiary/aromatic N) is 3. The second-order valence-electron chi connectivity index (χ2n) is 5.93. The van der Waals surface area contributed by atoms with Crippen LogP contribution in [-0.2, 0) is 4.79 Å². The van der Waals surface area contributed by atoms with E-state index in [0.29, 0.717) is 5.92 Å². The Morgan fingerprint density at radius 3 is 3.14 bits per heavy atom. The van der Waals surface area contributed by atoms with Crippen molar-refractivity contribution >= 4 is 11.7 Å². The molecule has 2 atom stereocenters. The summed E-state index contributed by atoms with van der Waals surface area (Å²) in [4.78, 5) is 14.3. The number of hydrogen-bond donors (Lipinski definition) is 2. The zero-order chi connectivity index (χ0) is 14.5. The van der Waals surface area contributed by atoms with Crippen molar-refractivity contribution in [2.45, 2.75) is 31.7 Å². The summed E-state index contributed by atoms with van der Waals surface area (Å²) in [5, 5.41) is 14.5. The van der Waals surface area contributed by atoms with Crippen LogP contribution in [0.15, 0.2) is 18.3 Å². The SMILES string of the molecule is O=C(NCC1CCCN(c2cccnn2)C1)C1CCCN1. The van der Waals surface area contributed by atoms with Gasteiger partial charge in [0.2, 0.25) is 5.91 Å². The van der Waals surface area contributed by atoms with Gasteiger partial charge in [-0.05, 0) is 50.3 Å². The van der Waals surface area contributed by atoms with Gasteiger partial charge in [0.25, 0.3) is 0 Å². The first-order valence-corrected chi connectivity index (χ1v) is 7.86. The fourth-order valence-electron chi connectivity index (χ4n) is 3.18. The fourth-order valence-corrected chi connectivity index (χ4v) is 3.18. The number of anilines is 1. The lowest BCUT2D eigenvalue weighted by Gasteiger charge is -2.33. The molecule has 0 bridgehead atoms. The summed E-state index contributed by atoms with van der Waals surface area (Å²) in [6, 6.07) is 3.93. The Balaban J connectivity index is 1.48. The Hall–Kier alpha value is -1.69. The van der Waals surface area contributed by atoms with E-state index in [4.69, 9.17) is 0 Å². The summed E-state index contributed by atoms with van der Waals surface area (Å²) in [5.74, 6) is 1.58. The summed E-state index contributed by atoms with van der Waals surface area (Å²) >= 11 is 0. The molecule has 114 valence electrons. The van der Waals surface area contributed by atoms with Crippen LogP contribution in [0, 0.1) is 5.92 Å². The van der Waals surface area contributed by atoms with Gasteiger partial charge in [-0.3, -0.25) is 4.79 Å². The number of piperidine rings is 1. The maximum Gasteiger partial charge on any atom is 0.237 e. The smallest absolute Gasteiger partial charge is 0.237 e. The molecule has 0 aromatic carbocycles. The van der Waals surface area contributed by atoms with E-state index < -0.39 is 0 Å². The number of aromatic nitrogens is 2. The van der Waals surface area contributed by atoms with Gasteiger partial charge < -0.3 is 15.5 Å². The molecule has 3 heterocycles. The van der Waals surface area contributed by atoms with Crippen LogP contribution in [0.3, 0.4) is 0 Å². The fraction of sp³-hybridized carbons (Fsp3) is 0.667. The lowest BCUT2D eigenvalue weighted by molar-refractivity contribution is -0.122. The number of nitrogens with one attached hydrogen (secondary N) is 2. The minimum Gasteiger partial charge on any atom is -0.355 e. The first-order valence-electron chi connectivity index (χ1n) is 7.86. The molecule has 0 saturated carbocycles. The molecular weight excluding hydrogens is 266 g/mol. The van der Waals surface area contributed by atoms with Crippen LogP contribution in [0.25, 0.3) is 0 Å². The zero-order valence-corrected chi connectivity index (χ0v) is 12.3. The quantitative estimate of drug-likeness (QED) is 0.847. The monoisotopic (exact) mass is 289 g/mol. The van der Waals surface area contributed by atoms with Crippen molar-refractivity contribution in [3.63, 3.8) is 0 Å². The van der Waals surface area contributed by atoms with Gasteiger partial charge in [0, 0.05) is 25.8 Å². The summed E-state index contributed by atoms with van der Waals surface area (Å²) in [6.07, 6.45) is 6.05. The van der Waals surface area contributed by atoms with Crippen molar-refractivity contribution in [3.8, 4) is 0 Å². The van der Waals surface area contributed by atoms with E-state index in [2.05, 4.69) is 25.7 Å². The predicted molar refractivity (Wildman–Crippen MR) is 81.0 cm³/mol. The van der Waals surface area contributed by atoms with Crippen molar-refractivity contribution in [2.75, 3.05) is 31.1 Å². The number of carbonyl (C=O) groups is 1. The van der Waals surface area contributed by atoms with Gasteiger partial charge in [0.15, 0.2) is 5.82 Å². The Labute approximate surface area is 125 Å². The largest absolute Gasteiger partial charge is 0.355 e. The molecule has 2 saturated heterocycles. The highest BCUT2D eigenvalue weighted by atomic mass is 16.2. The number of hydrogen-bond acceptors (Lipinski definition) is 5. The van der Waals surface area contributed by atoms with E-state index in [1.807, 2.05) is 12.1 Å². The molecule has 6 heteroatoms.